The minimum Gasteiger partial charge on any atom is -0.611 e. The van der Waals surface area contributed by atoms with E-state index < -0.39 is 11.2 Å². The van der Waals surface area contributed by atoms with Crippen LogP contribution in [0.25, 0.3) is 4.85 Å². The molecule has 0 saturated heterocycles. The third-order valence-corrected chi connectivity index (χ3v) is 4.46. The molecular formula is C14H20N2OS. The van der Waals surface area contributed by atoms with Gasteiger partial charge in [0.15, 0.2) is 4.90 Å². The monoisotopic (exact) mass is 264 g/mol. The van der Waals surface area contributed by atoms with Gasteiger partial charge in [-0.1, -0.05) is 13.8 Å². The van der Waals surface area contributed by atoms with E-state index in [1.165, 1.54) is 0 Å². The van der Waals surface area contributed by atoms with Crippen LogP contribution in [-0.2, 0) is 11.2 Å². The van der Waals surface area contributed by atoms with Gasteiger partial charge in [0.1, 0.15) is 5.25 Å². The van der Waals surface area contributed by atoms with Gasteiger partial charge in [-0.15, -0.1) is 0 Å². The Kier molecular flexibility index (Phi) is 5.64. The molecule has 1 rings (SSSR count). The topological polar surface area (TPSA) is 40.3 Å². The second kappa shape index (κ2) is 6.77. The van der Waals surface area contributed by atoms with Crippen molar-refractivity contribution in [2.75, 3.05) is 6.54 Å². The van der Waals surface area contributed by atoms with E-state index >= 15 is 0 Å². The Morgan fingerprint density at radius 1 is 1.33 bits per heavy atom. The fraction of sp³-hybridized carbons (Fsp3) is 0.571. The van der Waals surface area contributed by atoms with Crippen LogP contribution >= 0.6 is 0 Å². The van der Waals surface area contributed by atoms with E-state index in [2.05, 4.69) is 23.7 Å². The Morgan fingerprint density at radius 3 is 2.50 bits per heavy atom. The first kappa shape index (κ1) is 15.0. The van der Waals surface area contributed by atoms with Crippen molar-refractivity contribution in [3.8, 4) is 0 Å². The lowest BCUT2D eigenvalue weighted by Gasteiger charge is -2.18. The third kappa shape index (κ3) is 3.72. The van der Waals surface area contributed by atoms with Crippen molar-refractivity contribution in [2.45, 2.75) is 43.8 Å². The zero-order valence-electron chi connectivity index (χ0n) is 11.4. The van der Waals surface area contributed by atoms with Crippen molar-refractivity contribution in [3.05, 3.63) is 35.4 Å². The summed E-state index contributed by atoms with van der Waals surface area (Å²) in [5.74, 6) is 0.544. The minimum absolute atomic E-state index is 0.0837. The molecule has 0 spiro atoms. The maximum atomic E-state index is 12.1. The maximum absolute atomic E-state index is 12.1. The Balaban J connectivity index is 3.03. The lowest BCUT2D eigenvalue weighted by Crippen LogP contribution is -2.16. The summed E-state index contributed by atoms with van der Waals surface area (Å²) in [7, 11) is 0. The van der Waals surface area contributed by atoms with Crippen LogP contribution in [-0.4, -0.2) is 21.3 Å². The molecule has 98 valence electrons. The van der Waals surface area contributed by atoms with Crippen LogP contribution in [0.2, 0.25) is 0 Å². The first-order valence-electron chi connectivity index (χ1n) is 6.16. The number of aromatic nitrogens is 1. The summed E-state index contributed by atoms with van der Waals surface area (Å²) >= 11 is -1.02. The first-order valence-corrected chi connectivity index (χ1v) is 7.37. The van der Waals surface area contributed by atoms with Crippen molar-refractivity contribution in [3.63, 3.8) is 0 Å². The molecule has 2 unspecified atom stereocenters. The summed E-state index contributed by atoms with van der Waals surface area (Å²) < 4.78 is 12.1. The Morgan fingerprint density at radius 2 is 2.00 bits per heavy atom. The largest absolute Gasteiger partial charge is 0.611 e. The molecule has 0 aromatic carbocycles. The van der Waals surface area contributed by atoms with Crippen molar-refractivity contribution >= 4 is 11.2 Å². The van der Waals surface area contributed by atoms with Gasteiger partial charge < -0.3 is 9.40 Å². The average Bonchev–Trinajstić information content (AvgIpc) is 2.34. The van der Waals surface area contributed by atoms with Crippen molar-refractivity contribution in [1.82, 2.24) is 4.98 Å². The van der Waals surface area contributed by atoms with Crippen LogP contribution in [0.15, 0.2) is 23.4 Å². The smallest absolute Gasteiger partial charge is 0.221 e. The van der Waals surface area contributed by atoms with E-state index in [-0.39, 0.29) is 11.2 Å². The highest BCUT2D eigenvalue weighted by atomic mass is 32.2. The fourth-order valence-electron chi connectivity index (χ4n) is 1.82. The molecule has 0 aliphatic carbocycles. The molecule has 18 heavy (non-hydrogen) atoms. The fourth-order valence-corrected chi connectivity index (χ4v) is 2.78. The van der Waals surface area contributed by atoms with Crippen LogP contribution in [0.5, 0.6) is 0 Å². The molecule has 0 radical (unpaired) electrons. The molecule has 0 aliphatic rings. The molecule has 1 aromatic rings. The second-order valence-corrected chi connectivity index (χ2v) is 7.00. The number of nitrogens with zero attached hydrogens (tertiary/aromatic N) is 2. The highest BCUT2D eigenvalue weighted by Crippen LogP contribution is 2.26. The lowest BCUT2D eigenvalue weighted by molar-refractivity contribution is 0.522. The van der Waals surface area contributed by atoms with Gasteiger partial charge in [0.25, 0.3) is 0 Å². The first-order chi connectivity index (χ1) is 8.47. The molecule has 2 atom stereocenters. The van der Waals surface area contributed by atoms with E-state index in [0.29, 0.717) is 12.5 Å². The van der Waals surface area contributed by atoms with Crippen LogP contribution < -0.4 is 0 Å². The van der Waals surface area contributed by atoms with Gasteiger partial charge in [-0.05, 0) is 36.5 Å². The van der Waals surface area contributed by atoms with Crippen LogP contribution in [0, 0.1) is 12.5 Å². The van der Waals surface area contributed by atoms with Crippen molar-refractivity contribution < 1.29 is 4.55 Å². The molecule has 0 saturated carbocycles. The average molecular weight is 264 g/mol. The zero-order chi connectivity index (χ0) is 13.7. The molecule has 0 N–H and O–H groups in total. The number of hydrogen-bond donors (Lipinski definition) is 0. The number of pyridine rings is 1. The van der Waals surface area contributed by atoms with Crippen LogP contribution in [0.4, 0.5) is 0 Å². The summed E-state index contributed by atoms with van der Waals surface area (Å²) in [5.41, 5.74) is 1.02. The van der Waals surface area contributed by atoms with Gasteiger partial charge in [0, 0.05) is 12.3 Å². The summed E-state index contributed by atoms with van der Waals surface area (Å²) in [6, 6.07) is 1.94. The Bertz CT molecular complexity index is 426. The molecule has 0 bridgehead atoms. The van der Waals surface area contributed by atoms with Gasteiger partial charge >= 0.3 is 0 Å². The van der Waals surface area contributed by atoms with E-state index in [9.17, 15) is 4.55 Å². The van der Waals surface area contributed by atoms with Gasteiger partial charge in [-0.3, -0.25) is 4.98 Å². The normalized spacial score (nSPS) is 14.6. The molecule has 0 amide bonds. The molecule has 1 aromatic heterocycles. The zero-order valence-corrected chi connectivity index (χ0v) is 12.2. The number of hydrogen-bond acceptors (Lipinski definition) is 2. The molecule has 1 heterocycles. The summed E-state index contributed by atoms with van der Waals surface area (Å²) in [4.78, 5) is 8.43. The lowest BCUT2D eigenvalue weighted by atomic mass is 9.90. The quantitative estimate of drug-likeness (QED) is 0.605. The van der Waals surface area contributed by atoms with E-state index in [0.717, 1.165) is 10.5 Å². The summed E-state index contributed by atoms with van der Waals surface area (Å²) in [6.45, 7) is 15.5. The van der Waals surface area contributed by atoms with Gasteiger partial charge in [-0.25, -0.2) is 6.57 Å². The summed E-state index contributed by atoms with van der Waals surface area (Å²) in [6.07, 6.45) is 3.45. The Labute approximate surface area is 113 Å². The molecular weight excluding hydrogens is 244 g/mol. The van der Waals surface area contributed by atoms with E-state index in [1.54, 1.807) is 12.4 Å². The van der Waals surface area contributed by atoms with Crippen LogP contribution in [0.1, 0.15) is 39.2 Å². The van der Waals surface area contributed by atoms with Gasteiger partial charge in [-0.2, -0.15) is 0 Å². The van der Waals surface area contributed by atoms with Gasteiger partial charge in [0.2, 0.25) is 6.54 Å². The highest BCUT2D eigenvalue weighted by Gasteiger charge is 2.22. The predicted molar refractivity (Wildman–Crippen MR) is 74.8 cm³/mol. The molecule has 3 nitrogen and oxygen atoms in total. The Hall–Kier alpha value is -1.05. The van der Waals surface area contributed by atoms with Gasteiger partial charge in [0.05, 0.1) is 12.1 Å². The molecule has 0 fully saturated rings. The SMILES string of the molecule is [C-]#[N+]CC(c1cncc([S+]([O-])C(C)C)c1)C(C)C. The second-order valence-electron chi connectivity index (χ2n) is 4.99. The highest BCUT2D eigenvalue weighted by molar-refractivity contribution is 7.92. The van der Waals surface area contributed by atoms with E-state index in [4.69, 9.17) is 6.57 Å². The van der Waals surface area contributed by atoms with Crippen molar-refractivity contribution in [2.24, 2.45) is 5.92 Å². The molecule has 4 heteroatoms. The maximum Gasteiger partial charge on any atom is 0.221 e. The van der Waals surface area contributed by atoms with Crippen LogP contribution in [0.3, 0.4) is 0 Å². The minimum atomic E-state index is -1.02. The summed E-state index contributed by atoms with van der Waals surface area (Å²) in [5, 5.41) is 0.0837. The van der Waals surface area contributed by atoms with E-state index in [1.807, 2.05) is 19.9 Å². The number of rotatable bonds is 5. The molecule has 0 aliphatic heterocycles. The standard InChI is InChI=1S/C14H20N2OS/c1-10(2)14(9-15-5)12-6-13(8-16-7-12)18(17)11(3)4/h6-8,10-11,14H,9H2,1-4H3. The third-order valence-electron chi connectivity index (χ3n) is 2.92. The van der Waals surface area contributed by atoms with Crippen molar-refractivity contribution in [1.29, 1.82) is 0 Å². The predicted octanol–water partition coefficient (Wildman–Crippen LogP) is 3.26.